The van der Waals surface area contributed by atoms with E-state index in [-0.39, 0.29) is 0 Å². The number of nitrogens with one attached hydrogen (secondary N) is 1. The van der Waals surface area contributed by atoms with Gasteiger partial charge in [-0.25, -0.2) is 4.98 Å². The van der Waals surface area contributed by atoms with Crippen LogP contribution >= 0.6 is 22.9 Å². The zero-order valence-electron chi connectivity index (χ0n) is 8.17. The van der Waals surface area contributed by atoms with E-state index >= 15 is 0 Å². The minimum Gasteiger partial charge on any atom is -0.367 e. The summed E-state index contributed by atoms with van der Waals surface area (Å²) >= 11 is 7.17. The van der Waals surface area contributed by atoms with Crippen molar-refractivity contribution in [2.24, 2.45) is 5.92 Å². The number of nitrogens with zero attached hydrogens (tertiary/aromatic N) is 1. The van der Waals surface area contributed by atoms with Gasteiger partial charge in [-0.2, -0.15) is 0 Å². The lowest BCUT2D eigenvalue weighted by molar-refractivity contribution is 0.539. The van der Waals surface area contributed by atoms with Gasteiger partial charge in [-0.15, -0.1) is 11.3 Å². The van der Waals surface area contributed by atoms with Crippen LogP contribution in [-0.2, 0) is 0 Å². The lowest BCUT2D eigenvalue weighted by atomic mass is 10.1. The molecule has 1 atom stereocenters. The maximum absolute atomic E-state index is 5.72. The van der Waals surface area contributed by atoms with E-state index in [0.29, 0.717) is 16.4 Å². The first-order valence-electron chi connectivity index (χ1n) is 4.45. The van der Waals surface area contributed by atoms with Crippen molar-refractivity contribution < 1.29 is 0 Å². The monoisotopic (exact) mass is 218 g/mol. The molecule has 0 aliphatic carbocycles. The van der Waals surface area contributed by atoms with Crippen LogP contribution in [0, 0.1) is 5.92 Å². The lowest BCUT2D eigenvalue weighted by Gasteiger charge is -2.14. The molecule has 1 N–H and O–H groups in total. The molecule has 0 fully saturated rings. The standard InChI is InChI=1S/C9H15ClN2S/c1-6(2)4-7(3)11-8-5-13-9(10)12-8/h5-7,11H,4H2,1-3H3. The second-order valence-electron chi connectivity index (χ2n) is 3.66. The van der Waals surface area contributed by atoms with Crippen LogP contribution < -0.4 is 5.32 Å². The normalized spacial score (nSPS) is 13.3. The first kappa shape index (κ1) is 10.8. The summed E-state index contributed by atoms with van der Waals surface area (Å²) in [6, 6.07) is 0.457. The molecule has 0 saturated heterocycles. The zero-order valence-corrected chi connectivity index (χ0v) is 9.75. The Kier molecular flexibility index (Phi) is 4.00. The lowest BCUT2D eigenvalue weighted by Crippen LogP contribution is -2.17. The fourth-order valence-corrected chi connectivity index (χ4v) is 2.04. The zero-order chi connectivity index (χ0) is 9.84. The molecule has 1 heterocycles. The molecule has 0 amide bonds. The summed E-state index contributed by atoms with van der Waals surface area (Å²) in [6.45, 7) is 6.59. The number of thiazole rings is 1. The molecule has 1 rings (SSSR count). The third-order valence-electron chi connectivity index (χ3n) is 1.70. The van der Waals surface area contributed by atoms with Crippen LogP contribution in [0.15, 0.2) is 5.38 Å². The molecule has 0 radical (unpaired) electrons. The molecule has 1 aromatic rings. The Morgan fingerprint density at radius 1 is 1.54 bits per heavy atom. The van der Waals surface area contributed by atoms with Gasteiger partial charge in [0.2, 0.25) is 0 Å². The van der Waals surface area contributed by atoms with Gasteiger partial charge in [0.1, 0.15) is 5.82 Å². The summed E-state index contributed by atoms with van der Waals surface area (Å²) in [5.41, 5.74) is 0. The highest BCUT2D eigenvalue weighted by Gasteiger charge is 2.06. The summed E-state index contributed by atoms with van der Waals surface area (Å²) in [4.78, 5) is 4.13. The van der Waals surface area contributed by atoms with Gasteiger partial charge < -0.3 is 5.32 Å². The maximum atomic E-state index is 5.72. The van der Waals surface area contributed by atoms with Crippen LogP contribution in [0.3, 0.4) is 0 Å². The minimum atomic E-state index is 0.457. The van der Waals surface area contributed by atoms with E-state index in [0.717, 1.165) is 12.2 Å². The number of rotatable bonds is 4. The van der Waals surface area contributed by atoms with Crippen molar-refractivity contribution in [3.63, 3.8) is 0 Å². The number of anilines is 1. The average Bonchev–Trinajstić information content (AvgIpc) is 2.33. The average molecular weight is 219 g/mol. The van der Waals surface area contributed by atoms with Crippen LogP contribution in [0.1, 0.15) is 27.2 Å². The number of halogens is 1. The summed E-state index contributed by atoms with van der Waals surface area (Å²) in [5.74, 6) is 1.60. The fourth-order valence-electron chi connectivity index (χ4n) is 1.34. The molecule has 0 aliphatic rings. The second kappa shape index (κ2) is 4.82. The van der Waals surface area contributed by atoms with Crippen molar-refractivity contribution in [2.75, 3.05) is 5.32 Å². The Morgan fingerprint density at radius 2 is 2.23 bits per heavy atom. The predicted molar refractivity (Wildman–Crippen MR) is 59.7 cm³/mol. The Labute approximate surface area is 88.3 Å². The maximum Gasteiger partial charge on any atom is 0.185 e. The minimum absolute atomic E-state index is 0.457. The van der Waals surface area contributed by atoms with E-state index in [2.05, 4.69) is 31.1 Å². The highest BCUT2D eigenvalue weighted by molar-refractivity contribution is 7.14. The Bertz CT molecular complexity index is 260. The molecule has 0 bridgehead atoms. The van der Waals surface area contributed by atoms with E-state index in [1.807, 2.05) is 5.38 Å². The molecule has 0 aromatic carbocycles. The van der Waals surface area contributed by atoms with Crippen LogP contribution in [0.2, 0.25) is 4.47 Å². The highest BCUT2D eigenvalue weighted by Crippen LogP contribution is 2.20. The van der Waals surface area contributed by atoms with Crippen molar-refractivity contribution in [1.82, 2.24) is 4.98 Å². The molecule has 2 nitrogen and oxygen atoms in total. The van der Waals surface area contributed by atoms with E-state index in [4.69, 9.17) is 11.6 Å². The number of aromatic nitrogens is 1. The summed E-state index contributed by atoms with van der Waals surface area (Å²) in [6.07, 6.45) is 1.15. The molecule has 74 valence electrons. The van der Waals surface area contributed by atoms with E-state index in [1.165, 1.54) is 11.3 Å². The van der Waals surface area contributed by atoms with Gasteiger partial charge >= 0.3 is 0 Å². The predicted octanol–water partition coefficient (Wildman–Crippen LogP) is 3.64. The van der Waals surface area contributed by atoms with Gasteiger partial charge in [0.05, 0.1) is 0 Å². The van der Waals surface area contributed by atoms with Crippen LogP contribution in [-0.4, -0.2) is 11.0 Å². The highest BCUT2D eigenvalue weighted by atomic mass is 35.5. The molecular weight excluding hydrogens is 204 g/mol. The smallest absolute Gasteiger partial charge is 0.185 e. The third kappa shape index (κ3) is 3.96. The third-order valence-corrected chi connectivity index (χ3v) is 2.67. The Balaban J connectivity index is 2.40. The summed E-state index contributed by atoms with van der Waals surface area (Å²) in [7, 11) is 0. The molecule has 1 unspecified atom stereocenters. The van der Waals surface area contributed by atoms with Crippen molar-refractivity contribution in [3.8, 4) is 0 Å². The topological polar surface area (TPSA) is 24.9 Å². The van der Waals surface area contributed by atoms with E-state index in [9.17, 15) is 0 Å². The number of hydrogen-bond acceptors (Lipinski definition) is 3. The first-order chi connectivity index (χ1) is 6.08. The van der Waals surface area contributed by atoms with Crippen LogP contribution in [0.5, 0.6) is 0 Å². The van der Waals surface area contributed by atoms with Crippen LogP contribution in [0.25, 0.3) is 0 Å². The Hall–Kier alpha value is -0.280. The second-order valence-corrected chi connectivity index (χ2v) is 5.10. The van der Waals surface area contributed by atoms with Gasteiger partial charge in [0.25, 0.3) is 0 Å². The van der Waals surface area contributed by atoms with E-state index < -0.39 is 0 Å². The van der Waals surface area contributed by atoms with Gasteiger partial charge in [-0.3, -0.25) is 0 Å². The molecule has 0 saturated carbocycles. The summed E-state index contributed by atoms with van der Waals surface area (Å²) < 4.78 is 0.597. The van der Waals surface area contributed by atoms with Crippen molar-refractivity contribution in [3.05, 3.63) is 9.85 Å². The SMILES string of the molecule is CC(C)CC(C)Nc1csc(Cl)n1. The number of hydrogen-bond donors (Lipinski definition) is 1. The fraction of sp³-hybridized carbons (Fsp3) is 0.667. The molecule has 4 heteroatoms. The van der Waals surface area contributed by atoms with E-state index in [1.54, 1.807) is 0 Å². The van der Waals surface area contributed by atoms with Gasteiger partial charge in [0, 0.05) is 11.4 Å². The molecule has 1 aromatic heterocycles. The summed E-state index contributed by atoms with van der Waals surface area (Å²) in [5, 5.41) is 5.25. The molecule has 13 heavy (non-hydrogen) atoms. The van der Waals surface area contributed by atoms with Crippen molar-refractivity contribution >= 4 is 28.8 Å². The van der Waals surface area contributed by atoms with Gasteiger partial charge in [0.15, 0.2) is 4.47 Å². The Morgan fingerprint density at radius 3 is 2.69 bits per heavy atom. The van der Waals surface area contributed by atoms with Gasteiger partial charge in [-0.1, -0.05) is 25.4 Å². The quantitative estimate of drug-likeness (QED) is 0.835. The molecular formula is C9H15ClN2S. The van der Waals surface area contributed by atoms with Crippen molar-refractivity contribution in [2.45, 2.75) is 33.2 Å². The van der Waals surface area contributed by atoms with Crippen molar-refractivity contribution in [1.29, 1.82) is 0 Å². The first-order valence-corrected chi connectivity index (χ1v) is 5.71. The largest absolute Gasteiger partial charge is 0.367 e. The van der Waals surface area contributed by atoms with Gasteiger partial charge in [-0.05, 0) is 19.3 Å². The molecule has 0 spiro atoms. The van der Waals surface area contributed by atoms with Crippen LogP contribution in [0.4, 0.5) is 5.82 Å². The molecule has 0 aliphatic heterocycles.